The number of thiophene rings is 1. The summed E-state index contributed by atoms with van der Waals surface area (Å²) in [5.41, 5.74) is 1.40. The van der Waals surface area contributed by atoms with E-state index in [1.807, 2.05) is 92.9 Å². The van der Waals surface area contributed by atoms with Crippen LogP contribution in [0.5, 0.6) is 0 Å². The summed E-state index contributed by atoms with van der Waals surface area (Å²) in [7, 11) is 0. The highest BCUT2D eigenvalue weighted by atomic mass is 32.1. The second-order valence-electron chi connectivity index (χ2n) is 10.5. The summed E-state index contributed by atoms with van der Waals surface area (Å²) in [5, 5.41) is 4.92. The number of rotatable bonds is 3. The summed E-state index contributed by atoms with van der Waals surface area (Å²) in [4.78, 5) is 45.3. The predicted octanol–water partition coefficient (Wildman–Crippen LogP) is 5.34. The van der Waals surface area contributed by atoms with Gasteiger partial charge in [0.15, 0.2) is 11.6 Å². The molecule has 6 rings (SSSR count). The number of hydrogen-bond donors (Lipinski definition) is 1. The van der Waals surface area contributed by atoms with Crippen molar-refractivity contribution in [2.24, 2.45) is 11.3 Å². The van der Waals surface area contributed by atoms with E-state index in [2.05, 4.69) is 10.2 Å². The topological polar surface area (TPSA) is 66.5 Å². The van der Waals surface area contributed by atoms with Crippen LogP contribution in [0, 0.1) is 11.3 Å². The van der Waals surface area contributed by atoms with E-state index in [-0.39, 0.29) is 17.5 Å². The van der Waals surface area contributed by atoms with Gasteiger partial charge in [-0.05, 0) is 34.7 Å². The monoisotopic (exact) mass is 482 g/mol. The van der Waals surface area contributed by atoms with E-state index in [1.54, 1.807) is 6.07 Å². The van der Waals surface area contributed by atoms with Crippen molar-refractivity contribution in [2.75, 3.05) is 10.2 Å². The molecule has 6 heteroatoms. The van der Waals surface area contributed by atoms with Crippen LogP contribution in [0.4, 0.5) is 11.4 Å². The fourth-order valence-electron chi connectivity index (χ4n) is 6.14. The highest BCUT2D eigenvalue weighted by Crippen LogP contribution is 2.58. The predicted molar refractivity (Wildman–Crippen MR) is 139 cm³/mol. The molecule has 2 aromatic carbocycles. The molecule has 1 saturated heterocycles. The average molecular weight is 483 g/mol. The van der Waals surface area contributed by atoms with Gasteiger partial charge < -0.3 is 10.2 Å². The normalized spacial score (nSPS) is 26.3. The minimum absolute atomic E-state index is 0.0448. The van der Waals surface area contributed by atoms with Crippen LogP contribution in [0.2, 0.25) is 0 Å². The standard InChI is InChI=1S/C29H26N2O3S/c1-28(2,3)26(33)24-23(25(32)21-13-8-16-35-21)29(18-10-5-6-11-19(18)30-27(29)34)22-15-14-17-9-4-7-12-20(17)31(22)24/h4-16,22-24H,1-3H3,(H,30,34)/t22-,23+,24-,29+/m0/s1. The van der Waals surface area contributed by atoms with Gasteiger partial charge in [0.2, 0.25) is 5.91 Å². The third-order valence-corrected chi connectivity index (χ3v) is 8.48. The summed E-state index contributed by atoms with van der Waals surface area (Å²) in [6, 6.07) is 17.8. The van der Waals surface area contributed by atoms with E-state index in [4.69, 9.17) is 0 Å². The summed E-state index contributed by atoms with van der Waals surface area (Å²) >= 11 is 1.35. The van der Waals surface area contributed by atoms with E-state index < -0.39 is 28.8 Å². The zero-order valence-corrected chi connectivity index (χ0v) is 20.6. The Labute approximate surface area is 208 Å². The van der Waals surface area contributed by atoms with Crippen LogP contribution in [-0.2, 0) is 15.0 Å². The molecule has 3 aromatic rings. The van der Waals surface area contributed by atoms with E-state index in [0.29, 0.717) is 10.6 Å². The van der Waals surface area contributed by atoms with E-state index in [0.717, 1.165) is 16.8 Å². The molecule has 0 radical (unpaired) electrons. The van der Waals surface area contributed by atoms with Gasteiger partial charge >= 0.3 is 0 Å². The molecule has 176 valence electrons. The first-order valence-electron chi connectivity index (χ1n) is 11.8. The first kappa shape index (κ1) is 22.0. The zero-order chi connectivity index (χ0) is 24.5. The Bertz CT molecular complexity index is 1400. The SMILES string of the molecule is CC(C)(C)C(=O)[C@@H]1[C@H](C(=O)c2cccs2)[C@]2(C(=O)Nc3ccccc32)[C@@H]2C=Cc3ccccc3N12. The van der Waals surface area contributed by atoms with Gasteiger partial charge in [-0.15, -0.1) is 11.3 Å². The molecule has 0 bridgehead atoms. The van der Waals surface area contributed by atoms with Gasteiger partial charge in [-0.1, -0.05) is 75.4 Å². The molecule has 3 aliphatic rings. The third-order valence-electron chi connectivity index (χ3n) is 7.60. The van der Waals surface area contributed by atoms with Gasteiger partial charge in [0.25, 0.3) is 0 Å². The van der Waals surface area contributed by atoms with E-state index >= 15 is 0 Å². The fourth-order valence-corrected chi connectivity index (χ4v) is 6.84. The lowest BCUT2D eigenvalue weighted by Crippen LogP contribution is -2.51. The number of carbonyl (C=O) groups excluding carboxylic acids is 3. The van der Waals surface area contributed by atoms with Crippen molar-refractivity contribution in [3.63, 3.8) is 0 Å². The van der Waals surface area contributed by atoms with Gasteiger partial charge in [-0.25, -0.2) is 0 Å². The number of anilines is 2. The maximum Gasteiger partial charge on any atom is 0.238 e. The molecule has 1 fully saturated rings. The van der Waals surface area contributed by atoms with Crippen molar-refractivity contribution in [3.05, 3.63) is 88.1 Å². The van der Waals surface area contributed by atoms with Gasteiger partial charge in [0.1, 0.15) is 11.5 Å². The Hall–Kier alpha value is -3.51. The molecule has 4 heterocycles. The number of nitrogens with zero attached hydrogens (tertiary/aromatic N) is 1. The number of Topliss-reactive ketones (excluding diaryl/α,β-unsaturated/α-hetero) is 2. The van der Waals surface area contributed by atoms with Gasteiger partial charge in [0, 0.05) is 16.8 Å². The largest absolute Gasteiger partial charge is 0.352 e. The molecular weight excluding hydrogens is 456 g/mol. The number of fused-ring (bicyclic) bond motifs is 6. The quantitative estimate of drug-likeness (QED) is 0.512. The maximum absolute atomic E-state index is 14.3. The second kappa shape index (κ2) is 7.49. The molecule has 4 atom stereocenters. The summed E-state index contributed by atoms with van der Waals surface area (Å²) in [5.74, 6) is -1.31. The summed E-state index contributed by atoms with van der Waals surface area (Å²) in [6.45, 7) is 5.66. The van der Waals surface area contributed by atoms with E-state index in [1.165, 1.54) is 11.3 Å². The van der Waals surface area contributed by atoms with Crippen molar-refractivity contribution in [3.8, 4) is 0 Å². The van der Waals surface area contributed by atoms with Gasteiger partial charge in [-0.3, -0.25) is 14.4 Å². The van der Waals surface area contributed by atoms with Gasteiger partial charge in [-0.2, -0.15) is 0 Å². The average Bonchev–Trinajstić information content (AvgIpc) is 3.55. The van der Waals surface area contributed by atoms with Crippen LogP contribution in [-0.4, -0.2) is 29.6 Å². The number of carbonyl (C=O) groups is 3. The number of amides is 1. The van der Waals surface area contributed by atoms with Gasteiger partial charge in [0.05, 0.1) is 16.8 Å². The lowest BCUT2D eigenvalue weighted by atomic mass is 9.64. The Kier molecular flexibility index (Phi) is 4.71. The first-order chi connectivity index (χ1) is 16.8. The fraction of sp³-hybridized carbons (Fsp3) is 0.276. The molecule has 5 nitrogen and oxygen atoms in total. The number of benzene rings is 2. The van der Waals surface area contributed by atoms with Crippen LogP contribution in [0.3, 0.4) is 0 Å². The molecule has 35 heavy (non-hydrogen) atoms. The van der Waals surface area contributed by atoms with E-state index in [9.17, 15) is 14.4 Å². The van der Waals surface area contributed by atoms with Crippen LogP contribution < -0.4 is 10.2 Å². The summed E-state index contributed by atoms with van der Waals surface area (Å²) < 4.78 is 0. The maximum atomic E-state index is 14.3. The minimum Gasteiger partial charge on any atom is -0.352 e. The summed E-state index contributed by atoms with van der Waals surface area (Å²) in [6.07, 6.45) is 4.03. The second-order valence-corrected chi connectivity index (χ2v) is 11.5. The van der Waals surface area contributed by atoms with Crippen molar-refractivity contribution in [1.82, 2.24) is 0 Å². The lowest BCUT2D eigenvalue weighted by Gasteiger charge is -2.38. The Balaban J connectivity index is 1.69. The molecular formula is C29H26N2O3S. The first-order valence-corrected chi connectivity index (χ1v) is 12.7. The molecule has 3 aliphatic heterocycles. The van der Waals surface area contributed by atoms with Crippen LogP contribution in [0.1, 0.15) is 41.6 Å². The molecule has 0 unspecified atom stereocenters. The van der Waals surface area contributed by atoms with Crippen LogP contribution >= 0.6 is 11.3 Å². The highest BCUT2D eigenvalue weighted by molar-refractivity contribution is 7.12. The Morgan fingerprint density at radius 3 is 2.49 bits per heavy atom. The number of nitrogens with one attached hydrogen (secondary N) is 1. The van der Waals surface area contributed by atoms with Crippen molar-refractivity contribution < 1.29 is 14.4 Å². The number of ketones is 2. The Morgan fingerprint density at radius 2 is 1.74 bits per heavy atom. The number of hydrogen-bond acceptors (Lipinski definition) is 5. The lowest BCUT2D eigenvalue weighted by molar-refractivity contribution is -0.128. The molecule has 1 spiro atoms. The third kappa shape index (κ3) is 2.89. The van der Waals surface area contributed by atoms with Crippen molar-refractivity contribution in [1.29, 1.82) is 0 Å². The smallest absolute Gasteiger partial charge is 0.238 e. The number of para-hydroxylation sites is 2. The van der Waals surface area contributed by atoms with Crippen molar-refractivity contribution >= 4 is 46.3 Å². The molecule has 1 amide bonds. The highest BCUT2D eigenvalue weighted by Gasteiger charge is 2.70. The Morgan fingerprint density at radius 1 is 1.00 bits per heavy atom. The van der Waals surface area contributed by atoms with Crippen LogP contribution in [0.15, 0.2) is 72.1 Å². The minimum atomic E-state index is -1.23. The molecule has 0 aliphatic carbocycles. The molecule has 0 saturated carbocycles. The molecule has 1 N–H and O–H groups in total. The van der Waals surface area contributed by atoms with Crippen molar-refractivity contribution in [2.45, 2.75) is 38.3 Å². The zero-order valence-electron chi connectivity index (χ0n) is 19.8. The van der Waals surface area contributed by atoms with Crippen LogP contribution in [0.25, 0.3) is 6.08 Å². The molecule has 1 aromatic heterocycles.